The minimum Gasteiger partial charge on any atom is -0.364 e. The minimum atomic E-state index is -0.203. The third-order valence-corrected chi connectivity index (χ3v) is 3.67. The van der Waals surface area contributed by atoms with Gasteiger partial charge in [-0.2, -0.15) is 0 Å². The molecule has 104 valence electrons. The molecule has 5 nitrogen and oxygen atoms in total. The van der Waals surface area contributed by atoms with E-state index in [4.69, 9.17) is 5.73 Å². The van der Waals surface area contributed by atoms with Crippen LogP contribution in [0.15, 0.2) is 17.1 Å². The fourth-order valence-corrected chi connectivity index (χ4v) is 2.65. The number of aromatic nitrogens is 1. The van der Waals surface area contributed by atoms with E-state index in [2.05, 4.69) is 4.98 Å². The third-order valence-electron chi connectivity index (χ3n) is 3.67. The van der Waals surface area contributed by atoms with Crippen molar-refractivity contribution >= 4 is 5.91 Å². The summed E-state index contributed by atoms with van der Waals surface area (Å²) in [4.78, 5) is 29.1. The first-order valence-electron chi connectivity index (χ1n) is 6.84. The summed E-state index contributed by atoms with van der Waals surface area (Å²) in [5, 5.41) is 0. The van der Waals surface area contributed by atoms with Crippen LogP contribution in [0.1, 0.15) is 41.7 Å². The van der Waals surface area contributed by atoms with Gasteiger partial charge in [0.2, 0.25) is 0 Å². The van der Waals surface area contributed by atoms with E-state index < -0.39 is 0 Å². The summed E-state index contributed by atoms with van der Waals surface area (Å²) < 4.78 is 0. The van der Waals surface area contributed by atoms with Gasteiger partial charge in [-0.15, -0.1) is 0 Å². The first-order chi connectivity index (χ1) is 9.13. The van der Waals surface area contributed by atoms with Gasteiger partial charge in [0.1, 0.15) is 5.56 Å². The van der Waals surface area contributed by atoms with Crippen LogP contribution in [0.4, 0.5) is 0 Å². The number of carbonyl (C=O) groups is 1. The number of rotatable bonds is 4. The van der Waals surface area contributed by atoms with E-state index in [1.807, 2.05) is 4.90 Å². The maximum atomic E-state index is 12.4. The highest BCUT2D eigenvalue weighted by Gasteiger charge is 2.29. The molecule has 0 aromatic carbocycles. The lowest BCUT2D eigenvalue weighted by molar-refractivity contribution is 0.0728. The Balaban J connectivity index is 2.16. The smallest absolute Gasteiger partial charge is 0.259 e. The number of hydrogen-bond donors (Lipinski definition) is 2. The zero-order chi connectivity index (χ0) is 13.8. The number of nitrogens with two attached hydrogens (primary N) is 1. The molecule has 0 aliphatic carbocycles. The van der Waals surface area contributed by atoms with Crippen molar-refractivity contribution in [1.82, 2.24) is 9.88 Å². The number of aryl methyl sites for hydroxylation is 1. The van der Waals surface area contributed by atoms with E-state index in [1.165, 1.54) is 12.3 Å². The lowest BCUT2D eigenvalue weighted by atomic mass is 10.1. The van der Waals surface area contributed by atoms with Gasteiger partial charge in [0.05, 0.1) is 0 Å². The van der Waals surface area contributed by atoms with Gasteiger partial charge in [-0.1, -0.05) is 0 Å². The van der Waals surface area contributed by atoms with Gasteiger partial charge in [-0.3, -0.25) is 9.59 Å². The van der Waals surface area contributed by atoms with E-state index in [-0.39, 0.29) is 22.9 Å². The van der Waals surface area contributed by atoms with Crippen LogP contribution in [0, 0.1) is 6.92 Å². The molecule has 0 radical (unpaired) electrons. The standard InChI is InChI=1S/C14H21N3O2/c1-10-8-13(18)12(9-16-10)14(19)17-7-3-5-11(17)4-2-6-15/h8-9,11H,2-7,15H2,1H3,(H,16,18). The van der Waals surface area contributed by atoms with Crippen LogP contribution in [-0.2, 0) is 0 Å². The molecule has 2 heterocycles. The van der Waals surface area contributed by atoms with Crippen LogP contribution >= 0.6 is 0 Å². The monoisotopic (exact) mass is 263 g/mol. The molecule has 1 aromatic rings. The average molecular weight is 263 g/mol. The molecule has 1 fully saturated rings. The molecule has 5 heteroatoms. The van der Waals surface area contributed by atoms with Crippen LogP contribution in [0.25, 0.3) is 0 Å². The van der Waals surface area contributed by atoms with Crippen molar-refractivity contribution in [3.8, 4) is 0 Å². The normalized spacial score (nSPS) is 18.8. The van der Waals surface area contributed by atoms with Gasteiger partial charge in [-0.05, 0) is 39.2 Å². The lowest BCUT2D eigenvalue weighted by Gasteiger charge is -2.24. The summed E-state index contributed by atoms with van der Waals surface area (Å²) >= 11 is 0. The Kier molecular flexibility index (Phi) is 4.37. The Labute approximate surface area is 112 Å². The summed E-state index contributed by atoms with van der Waals surface area (Å²) in [6.07, 6.45) is 5.38. The number of amides is 1. The van der Waals surface area contributed by atoms with E-state index in [0.717, 1.165) is 37.9 Å². The number of aromatic amines is 1. The van der Waals surface area contributed by atoms with Crippen LogP contribution in [-0.4, -0.2) is 34.9 Å². The molecule has 1 aliphatic rings. The van der Waals surface area contributed by atoms with Crippen LogP contribution in [0.3, 0.4) is 0 Å². The van der Waals surface area contributed by atoms with Crippen LogP contribution in [0.5, 0.6) is 0 Å². The van der Waals surface area contributed by atoms with Crippen molar-refractivity contribution in [1.29, 1.82) is 0 Å². The highest BCUT2D eigenvalue weighted by atomic mass is 16.2. The Morgan fingerprint density at radius 1 is 1.58 bits per heavy atom. The van der Waals surface area contributed by atoms with E-state index >= 15 is 0 Å². The quantitative estimate of drug-likeness (QED) is 0.851. The topological polar surface area (TPSA) is 79.2 Å². The van der Waals surface area contributed by atoms with Gasteiger partial charge < -0.3 is 15.6 Å². The summed E-state index contributed by atoms with van der Waals surface area (Å²) in [5.74, 6) is -0.152. The summed E-state index contributed by atoms with van der Waals surface area (Å²) in [6, 6.07) is 1.70. The molecule has 19 heavy (non-hydrogen) atoms. The molecule has 1 aromatic heterocycles. The first-order valence-corrected chi connectivity index (χ1v) is 6.84. The van der Waals surface area contributed by atoms with Gasteiger partial charge in [0.25, 0.3) is 5.91 Å². The number of likely N-dealkylation sites (tertiary alicyclic amines) is 1. The van der Waals surface area contributed by atoms with Crippen molar-refractivity contribution in [3.63, 3.8) is 0 Å². The highest BCUT2D eigenvalue weighted by Crippen LogP contribution is 2.22. The second-order valence-corrected chi connectivity index (χ2v) is 5.12. The second kappa shape index (κ2) is 6.02. The van der Waals surface area contributed by atoms with Gasteiger partial charge in [0.15, 0.2) is 5.43 Å². The van der Waals surface area contributed by atoms with Crippen LogP contribution < -0.4 is 11.2 Å². The molecule has 1 amide bonds. The SMILES string of the molecule is Cc1cc(=O)c(C(=O)N2CCCC2CCCN)c[nH]1. The third kappa shape index (κ3) is 3.04. The van der Waals surface area contributed by atoms with Crippen molar-refractivity contribution in [2.24, 2.45) is 5.73 Å². The Morgan fingerprint density at radius 2 is 2.37 bits per heavy atom. The van der Waals surface area contributed by atoms with Gasteiger partial charge in [-0.25, -0.2) is 0 Å². The zero-order valence-corrected chi connectivity index (χ0v) is 11.3. The fourth-order valence-electron chi connectivity index (χ4n) is 2.65. The number of hydrogen-bond acceptors (Lipinski definition) is 3. The molecule has 1 aliphatic heterocycles. The number of carbonyl (C=O) groups excluding carboxylic acids is 1. The summed E-state index contributed by atoms with van der Waals surface area (Å²) in [7, 11) is 0. The largest absolute Gasteiger partial charge is 0.364 e. The summed E-state index contributed by atoms with van der Waals surface area (Å²) in [6.45, 7) is 3.18. The lowest BCUT2D eigenvalue weighted by Crippen LogP contribution is -2.38. The van der Waals surface area contributed by atoms with Crippen molar-refractivity contribution in [2.75, 3.05) is 13.1 Å². The molecule has 1 atom stereocenters. The van der Waals surface area contributed by atoms with Gasteiger partial charge >= 0.3 is 0 Å². The highest BCUT2D eigenvalue weighted by molar-refractivity contribution is 5.94. The maximum Gasteiger partial charge on any atom is 0.259 e. The van der Waals surface area contributed by atoms with E-state index in [9.17, 15) is 9.59 Å². The Hall–Kier alpha value is -1.62. The molecule has 0 bridgehead atoms. The minimum absolute atomic E-state index is 0.152. The molecular weight excluding hydrogens is 242 g/mol. The van der Waals surface area contributed by atoms with Crippen molar-refractivity contribution in [3.05, 3.63) is 33.7 Å². The first kappa shape index (κ1) is 13.8. The molecule has 0 saturated carbocycles. The number of nitrogens with one attached hydrogen (secondary N) is 1. The molecule has 0 spiro atoms. The maximum absolute atomic E-state index is 12.4. The average Bonchev–Trinajstić information content (AvgIpc) is 2.83. The van der Waals surface area contributed by atoms with Crippen molar-refractivity contribution in [2.45, 2.75) is 38.6 Å². The molecule has 2 rings (SSSR count). The number of H-pyrrole nitrogens is 1. The summed E-state index contributed by atoms with van der Waals surface area (Å²) in [5.41, 5.74) is 6.33. The second-order valence-electron chi connectivity index (χ2n) is 5.12. The molecule has 1 saturated heterocycles. The molecule has 3 N–H and O–H groups in total. The number of nitrogens with zero attached hydrogens (tertiary/aromatic N) is 1. The van der Waals surface area contributed by atoms with E-state index in [1.54, 1.807) is 6.92 Å². The Bertz CT molecular complexity index is 510. The number of pyridine rings is 1. The van der Waals surface area contributed by atoms with E-state index in [0.29, 0.717) is 6.54 Å². The fraction of sp³-hybridized carbons (Fsp3) is 0.571. The molecular formula is C14H21N3O2. The van der Waals surface area contributed by atoms with Gasteiger partial charge in [0, 0.05) is 30.5 Å². The predicted molar refractivity (Wildman–Crippen MR) is 74.1 cm³/mol. The predicted octanol–water partition coefficient (Wildman–Crippen LogP) is 1.03. The Morgan fingerprint density at radius 3 is 3.05 bits per heavy atom. The zero-order valence-electron chi connectivity index (χ0n) is 11.3. The molecule has 1 unspecified atom stereocenters. The van der Waals surface area contributed by atoms with Crippen molar-refractivity contribution < 1.29 is 4.79 Å². The van der Waals surface area contributed by atoms with Crippen LogP contribution in [0.2, 0.25) is 0 Å².